The van der Waals surface area contributed by atoms with E-state index >= 15 is 0 Å². The number of anilines is 1. The maximum absolute atomic E-state index is 12.6. The van der Waals surface area contributed by atoms with Crippen molar-refractivity contribution in [3.8, 4) is 0 Å². The molecule has 2 N–H and O–H groups in total. The minimum Gasteiger partial charge on any atom is -0.324 e. The molecule has 1 amide bonds. The number of piperidine rings is 1. The summed E-state index contributed by atoms with van der Waals surface area (Å²) in [7, 11) is 0. The maximum Gasteiger partial charge on any atom is 0.238 e. The quantitative estimate of drug-likeness (QED) is 0.848. The zero-order chi connectivity index (χ0) is 16.8. The summed E-state index contributed by atoms with van der Waals surface area (Å²) in [4.78, 5) is 14.9. The Kier molecular flexibility index (Phi) is 6.60. The number of aryl methyl sites for hydroxylation is 3. The van der Waals surface area contributed by atoms with Crippen molar-refractivity contribution in [3.63, 3.8) is 0 Å². The van der Waals surface area contributed by atoms with Gasteiger partial charge in [-0.15, -0.1) is 0 Å². The van der Waals surface area contributed by atoms with Gasteiger partial charge < -0.3 is 10.6 Å². The Bertz CT molecular complexity index is 512. The van der Waals surface area contributed by atoms with Gasteiger partial charge in [-0.2, -0.15) is 0 Å². The Labute approximate surface area is 140 Å². The van der Waals surface area contributed by atoms with Crippen LogP contribution in [0, 0.1) is 20.8 Å². The van der Waals surface area contributed by atoms with Crippen molar-refractivity contribution in [2.24, 2.45) is 0 Å². The van der Waals surface area contributed by atoms with E-state index in [1.54, 1.807) is 0 Å². The molecule has 0 atom stereocenters. The van der Waals surface area contributed by atoms with Gasteiger partial charge in [0.15, 0.2) is 0 Å². The number of carbonyl (C=O) groups is 1. The molecule has 1 aliphatic heterocycles. The highest BCUT2D eigenvalue weighted by atomic mass is 16.2. The second-order valence-corrected chi connectivity index (χ2v) is 6.77. The summed E-state index contributed by atoms with van der Waals surface area (Å²) in [6, 6.07) is 4.78. The number of benzene rings is 1. The first-order chi connectivity index (χ1) is 11.0. The predicted molar refractivity (Wildman–Crippen MR) is 97.0 cm³/mol. The minimum absolute atomic E-state index is 0.104. The van der Waals surface area contributed by atoms with Gasteiger partial charge in [-0.05, 0) is 70.8 Å². The molecule has 2 rings (SSSR count). The van der Waals surface area contributed by atoms with E-state index in [9.17, 15) is 4.79 Å². The number of amides is 1. The molecule has 23 heavy (non-hydrogen) atoms. The van der Waals surface area contributed by atoms with Crippen molar-refractivity contribution in [2.45, 2.75) is 53.0 Å². The SMILES string of the molecule is CCCN(CC(=O)Nc1c(C)cc(C)cc1C)C1CCNCC1. The number of carbonyl (C=O) groups excluding carboxylic acids is 1. The molecule has 0 bridgehead atoms. The second kappa shape index (κ2) is 8.46. The Balaban J connectivity index is 2.01. The van der Waals surface area contributed by atoms with Crippen LogP contribution in [0.25, 0.3) is 0 Å². The van der Waals surface area contributed by atoms with E-state index in [2.05, 4.69) is 55.4 Å². The van der Waals surface area contributed by atoms with Gasteiger partial charge in [0.25, 0.3) is 0 Å². The first kappa shape index (κ1) is 18.0. The van der Waals surface area contributed by atoms with Crippen LogP contribution >= 0.6 is 0 Å². The summed E-state index contributed by atoms with van der Waals surface area (Å²) in [5.41, 5.74) is 4.49. The zero-order valence-corrected chi connectivity index (χ0v) is 15.0. The molecular weight excluding hydrogens is 286 g/mol. The summed E-state index contributed by atoms with van der Waals surface area (Å²) < 4.78 is 0. The molecule has 1 heterocycles. The van der Waals surface area contributed by atoms with Crippen LogP contribution in [0.5, 0.6) is 0 Å². The van der Waals surface area contributed by atoms with E-state index in [1.165, 1.54) is 5.56 Å². The first-order valence-electron chi connectivity index (χ1n) is 8.83. The lowest BCUT2D eigenvalue weighted by Gasteiger charge is -2.34. The molecular formula is C19H31N3O. The van der Waals surface area contributed by atoms with Gasteiger partial charge >= 0.3 is 0 Å². The number of hydrogen-bond donors (Lipinski definition) is 2. The van der Waals surface area contributed by atoms with Crippen molar-refractivity contribution >= 4 is 11.6 Å². The first-order valence-corrected chi connectivity index (χ1v) is 8.83. The largest absolute Gasteiger partial charge is 0.324 e. The lowest BCUT2D eigenvalue weighted by Crippen LogP contribution is -2.46. The molecule has 0 aliphatic carbocycles. The summed E-state index contributed by atoms with van der Waals surface area (Å²) in [6.07, 6.45) is 3.35. The third-order valence-corrected chi connectivity index (χ3v) is 4.62. The van der Waals surface area contributed by atoms with E-state index in [4.69, 9.17) is 0 Å². The molecule has 1 aromatic carbocycles. The van der Waals surface area contributed by atoms with E-state index in [0.29, 0.717) is 12.6 Å². The maximum atomic E-state index is 12.6. The molecule has 0 aromatic heterocycles. The van der Waals surface area contributed by atoms with Gasteiger partial charge in [-0.3, -0.25) is 9.69 Å². The number of nitrogens with one attached hydrogen (secondary N) is 2. The average Bonchev–Trinajstić information content (AvgIpc) is 2.51. The fourth-order valence-electron chi connectivity index (χ4n) is 3.59. The Morgan fingerprint density at radius 2 is 1.83 bits per heavy atom. The van der Waals surface area contributed by atoms with Crippen molar-refractivity contribution in [3.05, 3.63) is 28.8 Å². The Morgan fingerprint density at radius 1 is 1.22 bits per heavy atom. The minimum atomic E-state index is 0.104. The number of rotatable bonds is 6. The second-order valence-electron chi connectivity index (χ2n) is 6.77. The van der Waals surface area contributed by atoms with Crippen molar-refractivity contribution in [1.82, 2.24) is 10.2 Å². The summed E-state index contributed by atoms with van der Waals surface area (Å²) in [5, 5.41) is 6.54. The van der Waals surface area contributed by atoms with Crippen molar-refractivity contribution < 1.29 is 4.79 Å². The molecule has 1 aromatic rings. The van der Waals surface area contributed by atoms with Crippen LogP contribution in [0.15, 0.2) is 12.1 Å². The Hall–Kier alpha value is -1.39. The molecule has 1 fully saturated rings. The third kappa shape index (κ3) is 5.05. The van der Waals surface area contributed by atoms with Crippen molar-refractivity contribution in [2.75, 3.05) is 31.5 Å². The molecule has 1 aliphatic rings. The summed E-state index contributed by atoms with van der Waals surface area (Å²) in [5.74, 6) is 0.104. The van der Waals surface area contributed by atoms with Gasteiger partial charge in [-0.25, -0.2) is 0 Å². The molecule has 1 saturated heterocycles. The highest BCUT2D eigenvalue weighted by Gasteiger charge is 2.22. The van der Waals surface area contributed by atoms with Gasteiger partial charge in [0.2, 0.25) is 5.91 Å². The zero-order valence-electron chi connectivity index (χ0n) is 15.0. The standard InChI is InChI=1S/C19H31N3O/c1-5-10-22(17-6-8-20-9-7-17)13-18(23)21-19-15(3)11-14(2)12-16(19)4/h11-12,17,20H,5-10,13H2,1-4H3,(H,21,23). The Morgan fingerprint density at radius 3 is 2.39 bits per heavy atom. The third-order valence-electron chi connectivity index (χ3n) is 4.62. The van der Waals surface area contributed by atoms with Gasteiger partial charge in [-0.1, -0.05) is 24.6 Å². The van der Waals surface area contributed by atoms with E-state index < -0.39 is 0 Å². The van der Waals surface area contributed by atoms with Crippen molar-refractivity contribution in [1.29, 1.82) is 0 Å². The number of nitrogens with zero attached hydrogens (tertiary/aromatic N) is 1. The lowest BCUT2D eigenvalue weighted by atomic mass is 10.0. The van der Waals surface area contributed by atoms with Crippen LogP contribution in [0.1, 0.15) is 42.9 Å². The molecule has 0 saturated carbocycles. The highest BCUT2D eigenvalue weighted by molar-refractivity contribution is 5.93. The summed E-state index contributed by atoms with van der Waals surface area (Å²) in [6.45, 7) is 12.0. The van der Waals surface area contributed by atoms with Crippen LogP contribution in [-0.2, 0) is 4.79 Å². The van der Waals surface area contributed by atoms with Gasteiger partial charge in [0.05, 0.1) is 6.54 Å². The van der Waals surface area contributed by atoms with Crippen LogP contribution < -0.4 is 10.6 Å². The molecule has 4 nitrogen and oxygen atoms in total. The van der Waals surface area contributed by atoms with Crippen LogP contribution in [0.4, 0.5) is 5.69 Å². The van der Waals surface area contributed by atoms with E-state index in [1.807, 2.05) is 0 Å². The summed E-state index contributed by atoms with van der Waals surface area (Å²) >= 11 is 0. The highest BCUT2D eigenvalue weighted by Crippen LogP contribution is 2.22. The average molecular weight is 317 g/mol. The fourth-order valence-corrected chi connectivity index (χ4v) is 3.59. The molecule has 0 unspecified atom stereocenters. The van der Waals surface area contributed by atoms with E-state index in [-0.39, 0.29) is 5.91 Å². The van der Waals surface area contributed by atoms with E-state index in [0.717, 1.165) is 55.7 Å². The van der Waals surface area contributed by atoms with Crippen LogP contribution in [0.3, 0.4) is 0 Å². The smallest absolute Gasteiger partial charge is 0.238 e. The van der Waals surface area contributed by atoms with Gasteiger partial charge in [0.1, 0.15) is 0 Å². The fraction of sp³-hybridized carbons (Fsp3) is 0.632. The predicted octanol–water partition coefficient (Wildman–Crippen LogP) is 3.01. The normalized spacial score (nSPS) is 15.9. The molecule has 0 spiro atoms. The molecule has 128 valence electrons. The molecule has 0 radical (unpaired) electrons. The monoisotopic (exact) mass is 317 g/mol. The van der Waals surface area contributed by atoms with Gasteiger partial charge in [0, 0.05) is 11.7 Å². The molecule has 4 heteroatoms. The topological polar surface area (TPSA) is 44.4 Å². The van der Waals surface area contributed by atoms with Crippen LogP contribution in [-0.4, -0.2) is 43.0 Å². The van der Waals surface area contributed by atoms with Crippen LogP contribution in [0.2, 0.25) is 0 Å². The number of hydrogen-bond acceptors (Lipinski definition) is 3. The lowest BCUT2D eigenvalue weighted by molar-refractivity contribution is -0.118.